The first-order valence-corrected chi connectivity index (χ1v) is 17.8. The van der Waals surface area contributed by atoms with Gasteiger partial charge >= 0.3 is 0 Å². The van der Waals surface area contributed by atoms with Crippen LogP contribution in [-0.4, -0.2) is 48.6 Å². The quantitative estimate of drug-likeness (QED) is 0.145. The van der Waals surface area contributed by atoms with Crippen LogP contribution in [0, 0.1) is 22.6 Å². The molecule has 1 fully saturated rings. The first-order chi connectivity index (χ1) is 24.1. The molecule has 1 aliphatic rings. The summed E-state index contributed by atoms with van der Waals surface area (Å²) in [5.41, 5.74) is 4.46. The van der Waals surface area contributed by atoms with Gasteiger partial charge in [-0.1, -0.05) is 73.5 Å². The minimum atomic E-state index is -0.694. The van der Waals surface area contributed by atoms with Gasteiger partial charge in [0.2, 0.25) is 0 Å². The third kappa shape index (κ3) is 7.97. The molecule has 6 rings (SSSR count). The molecule has 0 saturated carbocycles. The van der Waals surface area contributed by atoms with E-state index in [1.54, 1.807) is 12.1 Å². The summed E-state index contributed by atoms with van der Waals surface area (Å²) in [6, 6.07) is 17.7. The fourth-order valence-corrected chi connectivity index (χ4v) is 7.03. The highest BCUT2D eigenvalue weighted by atomic mass is 35.5. The van der Waals surface area contributed by atoms with Crippen molar-refractivity contribution in [2.45, 2.75) is 78.1 Å². The minimum absolute atomic E-state index is 0.0493. The summed E-state index contributed by atoms with van der Waals surface area (Å²) >= 11 is 12.9. The van der Waals surface area contributed by atoms with Crippen molar-refractivity contribution >= 4 is 51.2 Å². The lowest BCUT2D eigenvalue weighted by Gasteiger charge is -2.40. The molecule has 1 unspecified atom stereocenters. The normalized spacial score (nSPS) is 15.8. The standard InChI is InChI=1S/C39H43Cl2FN8O/c1-38(2,3)37(51)24-9-7-8-23(16-24)35(33-22-50(48-47-33)28-12-14-49(15-13-28)39(4,5)6)46-27-17-29-34(45-26-10-11-32(42)30(40)18-26)25(20-43)21-44-36(29)31(41)19-27/h7-11,16-19,21-22,28,35,37,46,51H,12-15H2,1-6H3,(H,44,45)/t35-,37?/m0/s1. The molecule has 2 aromatic heterocycles. The van der Waals surface area contributed by atoms with Crippen molar-refractivity contribution in [1.29, 1.82) is 5.26 Å². The van der Waals surface area contributed by atoms with Crippen molar-refractivity contribution in [3.8, 4) is 6.07 Å². The average Bonchev–Trinajstić information content (AvgIpc) is 3.58. The van der Waals surface area contributed by atoms with Gasteiger partial charge in [-0.25, -0.2) is 9.07 Å². The zero-order valence-electron chi connectivity index (χ0n) is 29.7. The smallest absolute Gasteiger partial charge is 0.141 e. The zero-order chi connectivity index (χ0) is 36.7. The molecule has 0 spiro atoms. The number of anilines is 3. The van der Waals surface area contributed by atoms with E-state index in [-0.39, 0.29) is 27.6 Å². The highest BCUT2D eigenvalue weighted by molar-refractivity contribution is 6.36. The third-order valence-corrected chi connectivity index (χ3v) is 10.1. The van der Waals surface area contributed by atoms with Crippen molar-refractivity contribution in [2.24, 2.45) is 5.41 Å². The molecule has 0 bridgehead atoms. The molecule has 2 atom stereocenters. The molecule has 1 saturated heterocycles. The number of fused-ring (bicyclic) bond motifs is 1. The number of aliphatic hydroxyl groups excluding tert-OH is 1. The maximum Gasteiger partial charge on any atom is 0.141 e. The molecule has 0 amide bonds. The Morgan fingerprint density at radius 1 is 0.961 bits per heavy atom. The van der Waals surface area contributed by atoms with E-state index in [0.29, 0.717) is 38.7 Å². The lowest BCUT2D eigenvalue weighted by molar-refractivity contribution is 0.0626. The Morgan fingerprint density at radius 2 is 1.67 bits per heavy atom. The van der Waals surface area contributed by atoms with Crippen LogP contribution in [-0.2, 0) is 0 Å². The fourth-order valence-electron chi connectivity index (χ4n) is 6.59. The molecule has 0 radical (unpaired) electrons. The number of pyridine rings is 1. The maximum atomic E-state index is 14.0. The second-order valence-electron chi connectivity index (χ2n) is 15.3. The fraction of sp³-hybridized carbons (Fsp3) is 0.385. The molecule has 51 heavy (non-hydrogen) atoms. The number of aliphatic hydroxyl groups is 1. The zero-order valence-corrected chi connectivity index (χ0v) is 31.2. The molecule has 1 aliphatic heterocycles. The molecule has 3 aromatic carbocycles. The van der Waals surface area contributed by atoms with Crippen molar-refractivity contribution < 1.29 is 9.50 Å². The van der Waals surface area contributed by atoms with Gasteiger partial charge in [0.1, 0.15) is 17.6 Å². The van der Waals surface area contributed by atoms with E-state index in [4.69, 9.17) is 23.2 Å². The first kappa shape index (κ1) is 36.5. The number of nitriles is 1. The van der Waals surface area contributed by atoms with Crippen LogP contribution in [0.3, 0.4) is 0 Å². The Morgan fingerprint density at radius 3 is 2.33 bits per heavy atom. The molecular formula is C39H43Cl2FN8O. The highest BCUT2D eigenvalue weighted by Crippen LogP contribution is 2.39. The minimum Gasteiger partial charge on any atom is -0.388 e. The van der Waals surface area contributed by atoms with Gasteiger partial charge in [-0.3, -0.25) is 9.88 Å². The summed E-state index contributed by atoms with van der Waals surface area (Å²) in [7, 11) is 0. The number of halogens is 3. The monoisotopic (exact) mass is 728 g/mol. The molecule has 3 heterocycles. The number of hydrogen-bond donors (Lipinski definition) is 3. The van der Waals surface area contributed by atoms with Gasteiger partial charge in [-0.15, -0.1) is 5.10 Å². The van der Waals surface area contributed by atoms with Crippen molar-refractivity contribution in [1.82, 2.24) is 24.9 Å². The lowest BCUT2D eigenvalue weighted by atomic mass is 9.84. The van der Waals surface area contributed by atoms with Gasteiger partial charge in [-0.05, 0) is 80.5 Å². The SMILES string of the molecule is CC(C)(C)C(O)c1cccc([C@H](Nc2cc(Cl)c3ncc(C#N)c(Nc4ccc(F)c(Cl)c4)c3c2)c2cn(C3CCN(C(C)(C)C)CC3)nn2)c1. The molecule has 12 heteroatoms. The van der Waals surface area contributed by atoms with Gasteiger partial charge < -0.3 is 15.7 Å². The largest absolute Gasteiger partial charge is 0.388 e. The lowest BCUT2D eigenvalue weighted by Crippen LogP contribution is -2.46. The third-order valence-electron chi connectivity index (χ3n) is 9.54. The van der Waals surface area contributed by atoms with Crippen molar-refractivity contribution in [2.75, 3.05) is 23.7 Å². The Hall–Kier alpha value is -4.27. The molecule has 3 N–H and O–H groups in total. The summed E-state index contributed by atoms with van der Waals surface area (Å²) in [5.74, 6) is -0.547. The second kappa shape index (κ2) is 14.4. The van der Waals surface area contributed by atoms with Crippen molar-refractivity contribution in [3.05, 3.63) is 105 Å². The number of likely N-dealkylation sites (tertiary alicyclic amines) is 1. The topological polar surface area (TPSA) is 115 Å². The van der Waals surface area contributed by atoms with E-state index in [9.17, 15) is 14.8 Å². The van der Waals surface area contributed by atoms with Crippen LogP contribution >= 0.6 is 23.2 Å². The number of rotatable bonds is 8. The van der Waals surface area contributed by atoms with Crippen LogP contribution < -0.4 is 10.6 Å². The molecule has 5 aromatic rings. The van der Waals surface area contributed by atoms with E-state index < -0.39 is 18.0 Å². The summed E-state index contributed by atoms with van der Waals surface area (Å²) in [6.07, 6.45) is 4.70. The van der Waals surface area contributed by atoms with Crippen LogP contribution in [0.4, 0.5) is 21.5 Å². The Bertz CT molecular complexity index is 2090. The Balaban J connectivity index is 1.41. The van der Waals surface area contributed by atoms with Crippen LogP contribution in [0.25, 0.3) is 10.9 Å². The summed E-state index contributed by atoms with van der Waals surface area (Å²) in [6.45, 7) is 14.7. The predicted octanol–water partition coefficient (Wildman–Crippen LogP) is 9.60. The van der Waals surface area contributed by atoms with E-state index in [1.165, 1.54) is 18.3 Å². The van der Waals surface area contributed by atoms with Gasteiger partial charge in [0.05, 0.1) is 51.2 Å². The van der Waals surface area contributed by atoms with Crippen LogP contribution in [0.2, 0.25) is 10.0 Å². The number of nitrogens with one attached hydrogen (secondary N) is 2. The van der Waals surface area contributed by atoms with Crippen LogP contribution in [0.5, 0.6) is 0 Å². The molecule has 266 valence electrons. The van der Waals surface area contributed by atoms with Gasteiger partial charge in [0.25, 0.3) is 0 Å². The molecular weight excluding hydrogens is 686 g/mol. The van der Waals surface area contributed by atoms with Gasteiger partial charge in [0, 0.05) is 41.6 Å². The van der Waals surface area contributed by atoms with Crippen LogP contribution in [0.15, 0.2) is 67.0 Å². The Labute approximate surface area is 308 Å². The number of piperidine rings is 1. The highest BCUT2D eigenvalue weighted by Gasteiger charge is 2.30. The maximum absolute atomic E-state index is 14.0. The van der Waals surface area contributed by atoms with E-state index in [0.717, 1.165) is 37.1 Å². The number of benzene rings is 3. The molecule has 9 nitrogen and oxygen atoms in total. The van der Waals surface area contributed by atoms with Crippen molar-refractivity contribution in [3.63, 3.8) is 0 Å². The first-order valence-electron chi connectivity index (χ1n) is 17.1. The molecule has 0 aliphatic carbocycles. The van der Waals surface area contributed by atoms with Gasteiger partial charge in [0.15, 0.2) is 0 Å². The Kier molecular flexibility index (Phi) is 10.3. The second-order valence-corrected chi connectivity index (χ2v) is 16.1. The number of aromatic nitrogens is 4. The summed E-state index contributed by atoms with van der Waals surface area (Å²) < 4.78 is 15.9. The van der Waals surface area contributed by atoms with E-state index in [2.05, 4.69) is 57.7 Å². The number of nitrogens with zero attached hydrogens (tertiary/aromatic N) is 6. The van der Waals surface area contributed by atoms with E-state index >= 15 is 0 Å². The summed E-state index contributed by atoms with van der Waals surface area (Å²) in [5, 5.41) is 38.3. The van der Waals surface area contributed by atoms with E-state index in [1.807, 2.05) is 62.0 Å². The average molecular weight is 730 g/mol. The predicted molar refractivity (Wildman–Crippen MR) is 202 cm³/mol. The summed E-state index contributed by atoms with van der Waals surface area (Å²) in [4.78, 5) is 6.99. The number of hydrogen-bond acceptors (Lipinski definition) is 8. The van der Waals surface area contributed by atoms with Crippen LogP contribution in [0.1, 0.15) is 95.0 Å². The van der Waals surface area contributed by atoms with Gasteiger partial charge in [-0.2, -0.15) is 5.26 Å².